The molecule has 4 N–H and O–H groups in total. The third-order valence-corrected chi connectivity index (χ3v) is 2.31. The third kappa shape index (κ3) is 2.20. The summed E-state index contributed by atoms with van der Waals surface area (Å²) in [6.07, 6.45) is -1.29. The van der Waals surface area contributed by atoms with Gasteiger partial charge in [-0.05, 0) is 36.6 Å². The number of hydrogen-bond acceptors (Lipinski definition) is 2. The molecule has 0 aromatic heterocycles. The van der Waals surface area contributed by atoms with Crippen molar-refractivity contribution in [3.05, 3.63) is 0 Å². The molecule has 0 heterocycles. The van der Waals surface area contributed by atoms with E-state index in [0.29, 0.717) is 6.42 Å². The van der Waals surface area contributed by atoms with Crippen LogP contribution in [-0.2, 0) is 0 Å². The van der Waals surface area contributed by atoms with Crippen LogP contribution < -0.4 is 11.5 Å². The quantitative estimate of drug-likeness (QED) is 0.634. The summed E-state index contributed by atoms with van der Waals surface area (Å²) in [6.45, 7) is 0.790. The van der Waals surface area contributed by atoms with Crippen molar-refractivity contribution in [1.82, 2.24) is 0 Å². The topological polar surface area (TPSA) is 52.0 Å². The lowest BCUT2D eigenvalue weighted by molar-refractivity contribution is 0.0904. The lowest BCUT2D eigenvalue weighted by atomic mass is 9.63. The minimum atomic E-state index is -2.44. The highest BCUT2D eigenvalue weighted by molar-refractivity contribution is 4.93. The minimum Gasteiger partial charge on any atom is -0.330 e. The zero-order chi connectivity index (χ0) is 13.7. The first-order valence-corrected chi connectivity index (χ1v) is 4.37. The van der Waals surface area contributed by atoms with Crippen molar-refractivity contribution in [2.45, 2.75) is 46.0 Å². The van der Waals surface area contributed by atoms with Gasteiger partial charge in [0.05, 0.1) is 0 Å². The van der Waals surface area contributed by atoms with E-state index in [1.54, 1.807) is 13.8 Å². The zero-order valence-electron chi connectivity index (χ0n) is 12.9. The van der Waals surface area contributed by atoms with Gasteiger partial charge in [-0.15, -0.1) is 0 Å². The van der Waals surface area contributed by atoms with Gasteiger partial charge in [-0.1, -0.05) is 20.7 Å². The second-order valence-corrected chi connectivity index (χ2v) is 4.46. The largest absolute Gasteiger partial charge is 0.330 e. The van der Waals surface area contributed by atoms with Gasteiger partial charge >= 0.3 is 0 Å². The Bertz CT molecular complexity index is 300. The number of nitrogens with two attached hydrogens (primary N) is 2. The van der Waals surface area contributed by atoms with Crippen molar-refractivity contribution < 1.29 is 6.85 Å². The van der Waals surface area contributed by atoms with Crippen LogP contribution in [0.5, 0.6) is 0 Å². The van der Waals surface area contributed by atoms with Gasteiger partial charge in [-0.2, -0.15) is 0 Å². The first-order valence-electron chi connectivity index (χ1n) is 6.87. The van der Waals surface area contributed by atoms with Crippen molar-refractivity contribution in [1.29, 1.82) is 0 Å². The van der Waals surface area contributed by atoms with Crippen LogP contribution in [0.2, 0.25) is 0 Å². The molecule has 2 heteroatoms. The van der Waals surface area contributed by atoms with Gasteiger partial charge in [0.15, 0.2) is 0 Å². The van der Waals surface area contributed by atoms with Gasteiger partial charge < -0.3 is 11.5 Å². The van der Waals surface area contributed by atoms with E-state index < -0.39 is 24.1 Å². The van der Waals surface area contributed by atoms with E-state index in [9.17, 15) is 0 Å². The molecule has 1 aliphatic rings. The molecule has 0 bridgehead atoms. The highest BCUT2D eigenvalue weighted by atomic mass is 14.7. The average Bonchev–Trinajstić information content (AvgIpc) is 2.08. The van der Waals surface area contributed by atoms with Crippen LogP contribution in [-0.4, -0.2) is 12.6 Å². The molecular formula is C10H22N2. The summed E-state index contributed by atoms with van der Waals surface area (Å²) in [6, 6.07) is -0.321. The summed E-state index contributed by atoms with van der Waals surface area (Å²) in [5.41, 5.74) is 9.19. The fourth-order valence-electron chi connectivity index (χ4n) is 2.06. The molecule has 2 nitrogen and oxygen atoms in total. The molecule has 0 aromatic carbocycles. The van der Waals surface area contributed by atoms with E-state index in [-0.39, 0.29) is 19.0 Å². The van der Waals surface area contributed by atoms with Crippen LogP contribution in [0.4, 0.5) is 0 Å². The van der Waals surface area contributed by atoms with Gasteiger partial charge in [0.2, 0.25) is 0 Å². The Labute approximate surface area is 82.7 Å². The standard InChI is InChI=1S/C10H22N2/c1-9(2)4-8(12)5-10(3,6-9)7-11/h8H,4-7,11-12H2,1-3H3/i3D3,6D2. The van der Waals surface area contributed by atoms with Crippen LogP contribution in [0.3, 0.4) is 0 Å². The zero-order valence-corrected chi connectivity index (χ0v) is 7.85. The van der Waals surface area contributed by atoms with E-state index in [2.05, 4.69) is 0 Å². The summed E-state index contributed by atoms with van der Waals surface area (Å²) < 4.78 is 39.5. The Morgan fingerprint density at radius 1 is 1.58 bits per heavy atom. The fraction of sp³-hybridized carbons (Fsp3) is 1.00. The highest BCUT2D eigenvalue weighted by Crippen LogP contribution is 2.44. The second kappa shape index (κ2) is 3.00. The normalized spacial score (nSPS) is 52.7. The lowest BCUT2D eigenvalue weighted by Crippen LogP contribution is -2.45. The van der Waals surface area contributed by atoms with Gasteiger partial charge in [0.25, 0.3) is 0 Å². The van der Waals surface area contributed by atoms with Gasteiger partial charge in [0, 0.05) is 12.9 Å². The van der Waals surface area contributed by atoms with E-state index in [4.69, 9.17) is 18.3 Å². The average molecular weight is 175 g/mol. The van der Waals surface area contributed by atoms with Crippen LogP contribution >= 0.6 is 0 Å². The van der Waals surface area contributed by atoms with E-state index in [1.807, 2.05) is 0 Å². The maximum atomic E-state index is 8.25. The van der Waals surface area contributed by atoms with Crippen LogP contribution in [0, 0.1) is 10.8 Å². The molecule has 0 amide bonds. The monoisotopic (exact) mass is 175 g/mol. The molecule has 1 rings (SSSR count). The summed E-state index contributed by atoms with van der Waals surface area (Å²) >= 11 is 0. The maximum absolute atomic E-state index is 8.25. The fourth-order valence-corrected chi connectivity index (χ4v) is 2.06. The highest BCUT2D eigenvalue weighted by Gasteiger charge is 2.38. The molecule has 12 heavy (non-hydrogen) atoms. The molecule has 72 valence electrons. The third-order valence-electron chi connectivity index (χ3n) is 2.31. The molecule has 1 saturated carbocycles. The predicted molar refractivity (Wildman–Crippen MR) is 52.8 cm³/mol. The molecule has 0 aliphatic heterocycles. The van der Waals surface area contributed by atoms with Crippen LogP contribution in [0.25, 0.3) is 0 Å². The van der Waals surface area contributed by atoms with Gasteiger partial charge in [0.1, 0.15) is 0 Å². The predicted octanol–water partition coefficient (Wildman–Crippen LogP) is 1.49. The van der Waals surface area contributed by atoms with E-state index >= 15 is 0 Å². The van der Waals surface area contributed by atoms with E-state index in [0.717, 1.165) is 0 Å². The van der Waals surface area contributed by atoms with Crippen molar-refractivity contribution in [2.75, 3.05) is 6.54 Å². The Balaban J connectivity index is 3.37. The Kier molecular flexibility index (Phi) is 1.24. The smallest absolute Gasteiger partial charge is 0.0278 e. The van der Waals surface area contributed by atoms with Crippen molar-refractivity contribution in [3.8, 4) is 0 Å². The summed E-state index contributed by atoms with van der Waals surface area (Å²) in [4.78, 5) is 0. The van der Waals surface area contributed by atoms with Gasteiger partial charge in [-0.3, -0.25) is 0 Å². The molecule has 2 unspecified atom stereocenters. The molecule has 0 saturated heterocycles. The summed E-state index contributed by atoms with van der Waals surface area (Å²) in [5.74, 6) is 0. The molecule has 0 aromatic rings. The van der Waals surface area contributed by atoms with Crippen LogP contribution in [0.1, 0.15) is 46.8 Å². The van der Waals surface area contributed by atoms with Crippen LogP contribution in [0.15, 0.2) is 0 Å². The summed E-state index contributed by atoms with van der Waals surface area (Å²) in [5, 5.41) is 0. The Morgan fingerprint density at radius 3 is 2.75 bits per heavy atom. The SMILES string of the molecule is [2H]C([2H])([2H])C1(CN)CC(N)CC(C)(C)C1([2H])[2H]. The van der Waals surface area contributed by atoms with Crippen molar-refractivity contribution in [2.24, 2.45) is 22.3 Å². The number of rotatable bonds is 1. The maximum Gasteiger partial charge on any atom is 0.0278 e. The van der Waals surface area contributed by atoms with Gasteiger partial charge in [-0.25, -0.2) is 0 Å². The molecule has 0 radical (unpaired) electrons. The molecule has 1 fully saturated rings. The minimum absolute atomic E-state index is 0.108. The second-order valence-electron chi connectivity index (χ2n) is 4.46. The van der Waals surface area contributed by atoms with Crippen molar-refractivity contribution in [3.63, 3.8) is 0 Å². The number of hydrogen-bond donors (Lipinski definition) is 2. The Morgan fingerprint density at radius 2 is 2.25 bits per heavy atom. The Hall–Kier alpha value is -0.0800. The first-order chi connectivity index (χ1) is 7.41. The molecular weight excluding hydrogens is 148 g/mol. The molecule has 0 spiro atoms. The molecule has 2 atom stereocenters. The van der Waals surface area contributed by atoms with E-state index in [1.165, 1.54) is 0 Å². The van der Waals surface area contributed by atoms with Crippen molar-refractivity contribution >= 4 is 0 Å². The first kappa shape index (κ1) is 4.97. The summed E-state index contributed by atoms with van der Waals surface area (Å²) in [7, 11) is 0. The lowest BCUT2D eigenvalue weighted by Gasteiger charge is -2.45. The molecule has 1 aliphatic carbocycles.